The lowest BCUT2D eigenvalue weighted by Crippen LogP contribution is -2.32. The molecule has 148 valence electrons. The number of nitrogens with zero attached hydrogens (tertiary/aromatic N) is 5. The van der Waals surface area contributed by atoms with Gasteiger partial charge >= 0.3 is 0 Å². The van der Waals surface area contributed by atoms with Crippen LogP contribution in [0.5, 0.6) is 0 Å². The van der Waals surface area contributed by atoms with Gasteiger partial charge in [0.15, 0.2) is 5.82 Å². The van der Waals surface area contributed by atoms with E-state index in [1.54, 1.807) is 18.2 Å². The standard InChI is InChI=1S/C18H21FN6.CH2O2/c1-12-20-18(25(23-12)13-7-9-24(2)10-8-13)17-11-16(21-22-17)14-5-3-4-6-15(14)19;2-1-3/h3-6,11,13H,7-10H2,1-2H3,(H,21,22);1H,(H,2,3). The molecule has 3 aromatic rings. The first-order valence-corrected chi connectivity index (χ1v) is 9.03. The second-order valence-electron chi connectivity index (χ2n) is 6.71. The SMILES string of the molecule is Cc1nc(-c2cc(-c3ccccc3F)n[nH]2)n(C2CCN(C)CC2)n1.O=CO. The molecule has 0 spiro atoms. The Morgan fingerprint density at radius 1 is 1.29 bits per heavy atom. The average molecular weight is 386 g/mol. The lowest BCUT2D eigenvalue weighted by atomic mass is 10.1. The van der Waals surface area contributed by atoms with E-state index < -0.39 is 0 Å². The molecular formula is C19H23FN6O2. The third kappa shape index (κ3) is 4.25. The van der Waals surface area contributed by atoms with E-state index in [0.717, 1.165) is 43.3 Å². The molecule has 0 amide bonds. The normalized spacial score (nSPS) is 15.1. The zero-order chi connectivity index (χ0) is 20.1. The number of carbonyl (C=O) groups is 1. The molecule has 0 bridgehead atoms. The summed E-state index contributed by atoms with van der Waals surface area (Å²) in [6.07, 6.45) is 2.08. The highest BCUT2D eigenvalue weighted by atomic mass is 19.1. The lowest BCUT2D eigenvalue weighted by Gasteiger charge is -2.29. The number of hydrogen-bond acceptors (Lipinski definition) is 5. The summed E-state index contributed by atoms with van der Waals surface area (Å²) in [5, 5.41) is 18.8. The molecule has 1 saturated heterocycles. The van der Waals surface area contributed by atoms with Crippen LogP contribution in [0.25, 0.3) is 22.8 Å². The van der Waals surface area contributed by atoms with Crippen LogP contribution in [0.1, 0.15) is 24.7 Å². The van der Waals surface area contributed by atoms with Crippen molar-refractivity contribution < 1.29 is 14.3 Å². The molecule has 1 aliphatic rings. The number of halogens is 1. The van der Waals surface area contributed by atoms with E-state index in [2.05, 4.69) is 32.2 Å². The minimum absolute atomic E-state index is 0.250. The number of piperidine rings is 1. The first-order valence-electron chi connectivity index (χ1n) is 9.03. The van der Waals surface area contributed by atoms with E-state index in [-0.39, 0.29) is 12.3 Å². The second kappa shape index (κ2) is 8.75. The fraction of sp³-hybridized carbons (Fsp3) is 0.368. The van der Waals surface area contributed by atoms with Crippen LogP contribution in [0.15, 0.2) is 30.3 Å². The van der Waals surface area contributed by atoms with Gasteiger partial charge in [0.1, 0.15) is 17.3 Å². The number of aromatic amines is 1. The number of aryl methyl sites for hydroxylation is 1. The Hall–Kier alpha value is -3.07. The van der Waals surface area contributed by atoms with Crippen LogP contribution in [0.4, 0.5) is 4.39 Å². The quantitative estimate of drug-likeness (QED) is 0.672. The van der Waals surface area contributed by atoms with Crippen molar-refractivity contribution in [1.82, 2.24) is 29.9 Å². The predicted octanol–water partition coefficient (Wildman–Crippen LogP) is 2.75. The highest BCUT2D eigenvalue weighted by molar-refractivity contribution is 5.65. The predicted molar refractivity (Wildman–Crippen MR) is 102 cm³/mol. The molecule has 1 aliphatic heterocycles. The summed E-state index contributed by atoms with van der Waals surface area (Å²) in [7, 11) is 2.14. The van der Waals surface area contributed by atoms with E-state index in [1.165, 1.54) is 6.07 Å². The Morgan fingerprint density at radius 3 is 2.64 bits per heavy atom. The first-order chi connectivity index (χ1) is 13.5. The summed E-state index contributed by atoms with van der Waals surface area (Å²) in [6, 6.07) is 8.81. The molecule has 1 fully saturated rings. The molecule has 9 heteroatoms. The minimum Gasteiger partial charge on any atom is -0.483 e. The van der Waals surface area contributed by atoms with E-state index in [9.17, 15) is 4.39 Å². The maximum atomic E-state index is 14.0. The molecule has 0 unspecified atom stereocenters. The third-order valence-electron chi connectivity index (χ3n) is 4.74. The second-order valence-corrected chi connectivity index (χ2v) is 6.71. The third-order valence-corrected chi connectivity index (χ3v) is 4.74. The summed E-state index contributed by atoms with van der Waals surface area (Å²) in [5.41, 5.74) is 1.81. The van der Waals surface area contributed by atoms with Gasteiger partial charge in [0, 0.05) is 5.56 Å². The molecule has 1 aromatic carbocycles. The molecule has 2 aromatic heterocycles. The van der Waals surface area contributed by atoms with Crippen molar-refractivity contribution in [3.63, 3.8) is 0 Å². The van der Waals surface area contributed by atoms with Crippen molar-refractivity contribution in [2.45, 2.75) is 25.8 Å². The zero-order valence-electron chi connectivity index (χ0n) is 15.8. The largest absolute Gasteiger partial charge is 0.483 e. The Morgan fingerprint density at radius 2 is 1.96 bits per heavy atom. The van der Waals surface area contributed by atoms with Crippen LogP contribution in [0.2, 0.25) is 0 Å². The smallest absolute Gasteiger partial charge is 0.290 e. The Balaban J connectivity index is 0.000000706. The highest BCUT2D eigenvalue weighted by Gasteiger charge is 2.24. The first kappa shape index (κ1) is 19.7. The fourth-order valence-corrected chi connectivity index (χ4v) is 3.35. The molecule has 0 radical (unpaired) electrons. The molecule has 28 heavy (non-hydrogen) atoms. The summed E-state index contributed by atoms with van der Waals surface area (Å²) in [6.45, 7) is 3.74. The molecule has 8 nitrogen and oxygen atoms in total. The van der Waals surface area contributed by atoms with Crippen LogP contribution >= 0.6 is 0 Å². The number of rotatable bonds is 3. The maximum absolute atomic E-state index is 14.0. The van der Waals surface area contributed by atoms with Gasteiger partial charge in [-0.15, -0.1) is 0 Å². The van der Waals surface area contributed by atoms with E-state index >= 15 is 0 Å². The summed E-state index contributed by atoms with van der Waals surface area (Å²) in [5.74, 6) is 1.21. The Labute approximate surface area is 162 Å². The van der Waals surface area contributed by atoms with Gasteiger partial charge in [-0.05, 0) is 58.1 Å². The number of benzene rings is 1. The molecule has 3 heterocycles. The molecule has 4 rings (SSSR count). The van der Waals surface area contributed by atoms with Gasteiger partial charge in [-0.3, -0.25) is 9.89 Å². The van der Waals surface area contributed by atoms with E-state index in [4.69, 9.17) is 9.90 Å². The zero-order valence-corrected chi connectivity index (χ0v) is 15.8. The number of H-pyrrole nitrogens is 1. The number of likely N-dealkylation sites (tertiary alicyclic amines) is 1. The molecule has 0 saturated carbocycles. The fourth-order valence-electron chi connectivity index (χ4n) is 3.35. The monoisotopic (exact) mass is 386 g/mol. The van der Waals surface area contributed by atoms with Gasteiger partial charge in [-0.25, -0.2) is 14.1 Å². The summed E-state index contributed by atoms with van der Waals surface area (Å²) < 4.78 is 16.0. The molecule has 0 atom stereocenters. The minimum atomic E-state index is -0.284. The molecule has 2 N–H and O–H groups in total. The lowest BCUT2D eigenvalue weighted by molar-refractivity contribution is -0.122. The summed E-state index contributed by atoms with van der Waals surface area (Å²) >= 11 is 0. The summed E-state index contributed by atoms with van der Waals surface area (Å²) in [4.78, 5) is 15.3. The van der Waals surface area contributed by atoms with Crippen molar-refractivity contribution in [2.24, 2.45) is 0 Å². The van der Waals surface area contributed by atoms with E-state index in [0.29, 0.717) is 17.3 Å². The van der Waals surface area contributed by atoms with Crippen molar-refractivity contribution in [1.29, 1.82) is 0 Å². The van der Waals surface area contributed by atoms with Crippen LogP contribution in [0, 0.1) is 12.7 Å². The average Bonchev–Trinajstić information content (AvgIpc) is 3.30. The molecule has 0 aliphatic carbocycles. The van der Waals surface area contributed by atoms with Crippen LogP contribution in [-0.2, 0) is 4.79 Å². The number of nitrogens with one attached hydrogen (secondary N) is 1. The number of hydrogen-bond donors (Lipinski definition) is 2. The van der Waals surface area contributed by atoms with Crippen LogP contribution < -0.4 is 0 Å². The maximum Gasteiger partial charge on any atom is 0.290 e. The van der Waals surface area contributed by atoms with Gasteiger partial charge in [0.25, 0.3) is 6.47 Å². The van der Waals surface area contributed by atoms with Gasteiger partial charge in [0.2, 0.25) is 0 Å². The Kier molecular flexibility index (Phi) is 6.15. The van der Waals surface area contributed by atoms with Gasteiger partial charge in [-0.1, -0.05) is 12.1 Å². The van der Waals surface area contributed by atoms with Crippen molar-refractivity contribution >= 4 is 6.47 Å². The van der Waals surface area contributed by atoms with Gasteiger partial charge in [-0.2, -0.15) is 10.2 Å². The number of carboxylic acid groups (broad SMARTS) is 1. The van der Waals surface area contributed by atoms with Crippen LogP contribution in [-0.4, -0.2) is 61.6 Å². The van der Waals surface area contributed by atoms with E-state index in [1.807, 2.05) is 17.7 Å². The van der Waals surface area contributed by atoms with Crippen molar-refractivity contribution in [3.05, 3.63) is 42.0 Å². The van der Waals surface area contributed by atoms with Crippen molar-refractivity contribution in [2.75, 3.05) is 20.1 Å². The van der Waals surface area contributed by atoms with Crippen molar-refractivity contribution in [3.8, 4) is 22.8 Å². The number of aromatic nitrogens is 5. The van der Waals surface area contributed by atoms with Gasteiger partial charge < -0.3 is 10.0 Å². The molecular weight excluding hydrogens is 363 g/mol. The topological polar surface area (TPSA) is 99.9 Å². The van der Waals surface area contributed by atoms with Gasteiger partial charge in [0.05, 0.1) is 11.7 Å². The van der Waals surface area contributed by atoms with Crippen LogP contribution in [0.3, 0.4) is 0 Å². The highest BCUT2D eigenvalue weighted by Crippen LogP contribution is 2.29. The Bertz CT molecular complexity index is 930.